The number of benzene rings is 1. The quantitative estimate of drug-likeness (QED) is 0.762. The highest BCUT2D eigenvalue weighted by Crippen LogP contribution is 2.47. The maximum Gasteiger partial charge on any atom is 0.104 e. The molecule has 3 aliphatic heterocycles. The van der Waals surface area contributed by atoms with Crippen LogP contribution in [0.15, 0.2) is 34.1 Å². The second-order valence-electron chi connectivity index (χ2n) is 4.00. The van der Waals surface area contributed by atoms with E-state index in [0.29, 0.717) is 12.2 Å². The van der Waals surface area contributed by atoms with Gasteiger partial charge in [-0.2, -0.15) is 0 Å². The van der Waals surface area contributed by atoms with Gasteiger partial charge in [0, 0.05) is 9.79 Å². The molecule has 2 saturated heterocycles. The highest BCUT2D eigenvalue weighted by atomic mass is 32.2. The number of ether oxygens (including phenoxy) is 3. The average Bonchev–Trinajstić information content (AvgIpc) is 3.11. The first-order chi connectivity index (χ1) is 7.92. The van der Waals surface area contributed by atoms with E-state index in [4.69, 9.17) is 14.2 Å². The Hall–Kier alpha value is -0.550. The predicted molar refractivity (Wildman–Crippen MR) is 60.9 cm³/mol. The largest absolute Gasteiger partial charge is 0.376 e. The molecule has 86 valence electrons. The zero-order chi connectivity index (χ0) is 10.8. The fourth-order valence-corrected chi connectivity index (χ4v) is 1.89. The maximum atomic E-state index is 5.23. The third kappa shape index (κ3) is 3.49. The monoisotopic (exact) mass is 238 g/mol. The van der Waals surface area contributed by atoms with E-state index in [-0.39, 0.29) is 0 Å². The number of hydrogen-bond donors (Lipinski definition) is 0. The average molecular weight is 238 g/mol. The number of hydrogen-bond acceptors (Lipinski definition) is 4. The van der Waals surface area contributed by atoms with Crippen molar-refractivity contribution in [2.45, 2.75) is 22.0 Å². The minimum atomic E-state index is 0.392. The first kappa shape index (κ1) is 10.6. The number of rotatable bonds is 4. The Morgan fingerprint density at radius 2 is 1.56 bits per heavy atom. The summed E-state index contributed by atoms with van der Waals surface area (Å²) in [5.41, 5.74) is 0. The summed E-state index contributed by atoms with van der Waals surface area (Å²) in [6.07, 6.45) is 0.785. The molecule has 4 heteroatoms. The summed E-state index contributed by atoms with van der Waals surface area (Å²) >= 11 is 1.86. The number of epoxide rings is 2. The lowest BCUT2D eigenvalue weighted by atomic mass is 10.4. The predicted octanol–water partition coefficient (Wildman–Crippen LogP) is 1.95. The Balaban J connectivity index is 0.000000104. The van der Waals surface area contributed by atoms with Crippen molar-refractivity contribution in [2.24, 2.45) is 0 Å². The normalized spacial score (nSPS) is 27.5. The molecule has 0 radical (unpaired) electrons. The van der Waals surface area contributed by atoms with Crippen LogP contribution in [0, 0.1) is 0 Å². The fourth-order valence-electron chi connectivity index (χ4n) is 1.27. The molecule has 2 unspecified atom stereocenters. The topological polar surface area (TPSA) is 34.3 Å². The van der Waals surface area contributed by atoms with Crippen LogP contribution < -0.4 is 0 Å². The lowest BCUT2D eigenvalue weighted by Gasteiger charge is -1.95. The highest BCUT2D eigenvalue weighted by molar-refractivity contribution is 8.04. The van der Waals surface area contributed by atoms with E-state index < -0.39 is 0 Å². The van der Waals surface area contributed by atoms with Crippen molar-refractivity contribution in [1.82, 2.24) is 0 Å². The molecule has 1 aromatic rings. The molecule has 0 saturated carbocycles. The Labute approximate surface area is 99.1 Å². The Bertz CT molecular complexity index is 328. The van der Waals surface area contributed by atoms with Gasteiger partial charge in [-0.15, -0.1) is 0 Å². The van der Waals surface area contributed by atoms with E-state index in [1.165, 1.54) is 9.79 Å². The number of fused-ring (bicyclic) bond motifs is 1. The molecule has 3 nitrogen and oxygen atoms in total. The van der Waals surface area contributed by atoms with Crippen molar-refractivity contribution in [3.05, 3.63) is 24.3 Å². The molecular formula is C12H14O3S. The van der Waals surface area contributed by atoms with Gasteiger partial charge in [0.2, 0.25) is 0 Å². The zero-order valence-electron chi connectivity index (χ0n) is 8.93. The molecular weight excluding hydrogens is 224 g/mol. The van der Waals surface area contributed by atoms with Gasteiger partial charge in [-0.3, -0.25) is 0 Å². The lowest BCUT2D eigenvalue weighted by Crippen LogP contribution is -2.06. The molecule has 0 aliphatic carbocycles. The van der Waals surface area contributed by atoms with Gasteiger partial charge in [-0.1, -0.05) is 23.9 Å². The first-order valence-corrected chi connectivity index (χ1v) is 6.31. The zero-order valence-corrected chi connectivity index (χ0v) is 9.74. The van der Waals surface area contributed by atoms with Crippen molar-refractivity contribution < 1.29 is 14.2 Å². The van der Waals surface area contributed by atoms with Crippen LogP contribution in [-0.4, -0.2) is 38.6 Å². The molecule has 3 heterocycles. The van der Waals surface area contributed by atoms with E-state index >= 15 is 0 Å². The summed E-state index contributed by atoms with van der Waals surface area (Å²) < 4.78 is 15.1. The molecule has 2 fully saturated rings. The van der Waals surface area contributed by atoms with Crippen LogP contribution in [0.3, 0.4) is 0 Å². The van der Waals surface area contributed by atoms with Crippen LogP contribution in [0.25, 0.3) is 0 Å². The van der Waals surface area contributed by atoms with E-state index in [0.717, 1.165) is 26.4 Å². The van der Waals surface area contributed by atoms with Gasteiger partial charge < -0.3 is 14.2 Å². The summed E-state index contributed by atoms with van der Waals surface area (Å²) in [5.74, 6) is 0. The van der Waals surface area contributed by atoms with Crippen molar-refractivity contribution in [1.29, 1.82) is 0 Å². The van der Waals surface area contributed by atoms with E-state index in [1.807, 2.05) is 11.8 Å². The van der Waals surface area contributed by atoms with Crippen molar-refractivity contribution >= 4 is 11.8 Å². The van der Waals surface area contributed by atoms with Gasteiger partial charge >= 0.3 is 0 Å². The Morgan fingerprint density at radius 1 is 1.06 bits per heavy atom. The summed E-state index contributed by atoms with van der Waals surface area (Å²) in [6, 6.07) is 8.41. The molecule has 16 heavy (non-hydrogen) atoms. The molecule has 0 amide bonds. The van der Waals surface area contributed by atoms with Crippen LogP contribution in [0.5, 0.6) is 0 Å². The molecule has 0 bridgehead atoms. The van der Waals surface area contributed by atoms with Gasteiger partial charge in [-0.25, -0.2) is 0 Å². The third-order valence-electron chi connectivity index (χ3n) is 2.44. The standard InChI is InChI=1S/C6H10O3.C6H4S/c1(5-3-8-5)7-2-6-4-9-6;1-2-4-6-5(3-1)7-6/h5-6H,1-4H2;1-4H. The lowest BCUT2D eigenvalue weighted by molar-refractivity contribution is 0.102. The molecule has 0 aromatic heterocycles. The first-order valence-electron chi connectivity index (χ1n) is 5.49. The second kappa shape index (κ2) is 4.75. The fraction of sp³-hybridized carbons (Fsp3) is 0.500. The SMILES string of the molecule is C(OCC1CO1)C1CO1.c1ccc2c(c1)S2. The van der Waals surface area contributed by atoms with Crippen molar-refractivity contribution in [3.63, 3.8) is 0 Å². The van der Waals surface area contributed by atoms with E-state index in [1.54, 1.807) is 0 Å². The van der Waals surface area contributed by atoms with Gasteiger partial charge in [-0.05, 0) is 12.1 Å². The van der Waals surface area contributed by atoms with Gasteiger partial charge in [0.15, 0.2) is 0 Å². The molecule has 4 rings (SSSR count). The minimum absolute atomic E-state index is 0.392. The van der Waals surface area contributed by atoms with E-state index in [9.17, 15) is 0 Å². The minimum Gasteiger partial charge on any atom is -0.376 e. The summed E-state index contributed by atoms with van der Waals surface area (Å²) in [4.78, 5) is 2.89. The van der Waals surface area contributed by atoms with Gasteiger partial charge in [0.1, 0.15) is 12.2 Å². The highest BCUT2D eigenvalue weighted by Gasteiger charge is 2.26. The Morgan fingerprint density at radius 3 is 1.94 bits per heavy atom. The Kier molecular flexibility index (Phi) is 3.15. The molecule has 0 N–H and O–H groups in total. The summed E-state index contributed by atoms with van der Waals surface area (Å²) in [6.45, 7) is 3.26. The van der Waals surface area contributed by atoms with Crippen LogP contribution in [0.2, 0.25) is 0 Å². The summed E-state index contributed by atoms with van der Waals surface area (Å²) in [5, 5.41) is 0. The molecule has 1 aromatic carbocycles. The molecule has 2 atom stereocenters. The van der Waals surface area contributed by atoms with Crippen molar-refractivity contribution in [3.8, 4) is 0 Å². The van der Waals surface area contributed by atoms with Crippen LogP contribution in [0.4, 0.5) is 0 Å². The van der Waals surface area contributed by atoms with Crippen LogP contribution in [-0.2, 0) is 14.2 Å². The van der Waals surface area contributed by atoms with Gasteiger partial charge in [0.05, 0.1) is 26.4 Å². The van der Waals surface area contributed by atoms with Gasteiger partial charge in [0.25, 0.3) is 0 Å². The summed E-state index contributed by atoms with van der Waals surface area (Å²) in [7, 11) is 0. The van der Waals surface area contributed by atoms with E-state index in [2.05, 4.69) is 24.3 Å². The van der Waals surface area contributed by atoms with Crippen LogP contribution >= 0.6 is 11.8 Å². The smallest absolute Gasteiger partial charge is 0.104 e. The maximum absolute atomic E-state index is 5.23. The van der Waals surface area contributed by atoms with Crippen LogP contribution in [0.1, 0.15) is 0 Å². The molecule has 3 aliphatic rings. The second-order valence-corrected chi connectivity index (χ2v) is 5.08. The third-order valence-corrected chi connectivity index (χ3v) is 3.39. The molecule has 0 spiro atoms. The van der Waals surface area contributed by atoms with Crippen molar-refractivity contribution in [2.75, 3.05) is 26.4 Å².